The van der Waals surface area contributed by atoms with E-state index in [0.717, 1.165) is 22.4 Å². The zero-order valence-corrected chi connectivity index (χ0v) is 16.4. The van der Waals surface area contributed by atoms with Gasteiger partial charge in [0.1, 0.15) is 5.75 Å². The van der Waals surface area contributed by atoms with E-state index in [1.807, 2.05) is 18.2 Å². The highest BCUT2D eigenvalue weighted by Gasteiger charge is 2.13. The van der Waals surface area contributed by atoms with Crippen molar-refractivity contribution in [2.24, 2.45) is 0 Å². The van der Waals surface area contributed by atoms with Crippen LogP contribution in [0.2, 0.25) is 0 Å². The number of carbonyl (C=O) groups is 1. The molecule has 0 spiro atoms. The highest BCUT2D eigenvalue weighted by Crippen LogP contribution is 2.29. The quantitative estimate of drug-likeness (QED) is 0.675. The van der Waals surface area contributed by atoms with Gasteiger partial charge in [-0.25, -0.2) is 4.98 Å². The van der Waals surface area contributed by atoms with Crippen molar-refractivity contribution in [2.45, 2.75) is 39.0 Å². The summed E-state index contributed by atoms with van der Waals surface area (Å²) in [5, 5.41) is 3.53. The smallest absolute Gasteiger partial charge is 0.226 e. The van der Waals surface area contributed by atoms with Crippen LogP contribution in [-0.4, -0.2) is 18.0 Å². The number of aromatic nitrogens is 1. The molecule has 1 heterocycles. The molecule has 5 heteroatoms. The molecular formula is C21H24N2O2S. The summed E-state index contributed by atoms with van der Waals surface area (Å²) in [6.45, 7) is 6.59. The number of fused-ring (bicyclic) bond motifs is 1. The third-order valence-electron chi connectivity index (χ3n) is 4.30. The maximum absolute atomic E-state index is 12.2. The van der Waals surface area contributed by atoms with Crippen molar-refractivity contribution in [3.05, 3.63) is 53.6 Å². The minimum absolute atomic E-state index is 0.0177. The Morgan fingerprint density at radius 1 is 1.15 bits per heavy atom. The van der Waals surface area contributed by atoms with Crippen molar-refractivity contribution in [1.82, 2.24) is 4.98 Å². The van der Waals surface area contributed by atoms with E-state index in [2.05, 4.69) is 55.3 Å². The van der Waals surface area contributed by atoms with Gasteiger partial charge in [0, 0.05) is 6.42 Å². The van der Waals surface area contributed by atoms with Crippen LogP contribution in [0.3, 0.4) is 0 Å². The third kappa shape index (κ3) is 4.41. The molecule has 1 N–H and O–H groups in total. The first-order valence-electron chi connectivity index (χ1n) is 8.69. The number of thiazole rings is 1. The standard InChI is InChI=1S/C21H24N2O2S/c1-21(2,3)15-8-5-14(6-9-15)7-12-19(24)23-20-22-17-11-10-16(25-4)13-18(17)26-20/h5-6,8-11,13H,7,12H2,1-4H3,(H,22,23,24). The lowest BCUT2D eigenvalue weighted by molar-refractivity contribution is -0.116. The topological polar surface area (TPSA) is 51.2 Å². The number of nitrogens with one attached hydrogen (secondary N) is 1. The van der Waals surface area contributed by atoms with Gasteiger partial charge in [-0.05, 0) is 41.2 Å². The van der Waals surface area contributed by atoms with Crippen LogP contribution in [0.1, 0.15) is 38.3 Å². The average Bonchev–Trinajstić information content (AvgIpc) is 3.00. The molecule has 0 aliphatic heterocycles. The number of amides is 1. The van der Waals surface area contributed by atoms with Crippen LogP contribution in [0, 0.1) is 0 Å². The Labute approximate surface area is 158 Å². The molecule has 0 saturated heterocycles. The molecule has 0 atom stereocenters. The van der Waals surface area contributed by atoms with Crippen molar-refractivity contribution in [3.63, 3.8) is 0 Å². The van der Waals surface area contributed by atoms with Gasteiger partial charge in [-0.2, -0.15) is 0 Å². The summed E-state index contributed by atoms with van der Waals surface area (Å²) >= 11 is 1.46. The minimum atomic E-state index is -0.0177. The largest absolute Gasteiger partial charge is 0.497 e. The number of rotatable bonds is 5. The van der Waals surface area contributed by atoms with Gasteiger partial charge >= 0.3 is 0 Å². The van der Waals surface area contributed by atoms with Crippen LogP contribution >= 0.6 is 11.3 Å². The fourth-order valence-electron chi connectivity index (χ4n) is 2.70. The molecule has 0 saturated carbocycles. The number of carbonyl (C=O) groups excluding carboxylic acids is 1. The van der Waals surface area contributed by atoms with Crippen LogP contribution in [0.25, 0.3) is 10.2 Å². The van der Waals surface area contributed by atoms with Crippen LogP contribution in [0.4, 0.5) is 5.13 Å². The maximum Gasteiger partial charge on any atom is 0.226 e. The van der Waals surface area contributed by atoms with Gasteiger partial charge in [0.25, 0.3) is 0 Å². The molecule has 136 valence electrons. The summed E-state index contributed by atoms with van der Waals surface area (Å²) in [6.07, 6.45) is 1.16. The molecule has 0 unspecified atom stereocenters. The lowest BCUT2D eigenvalue weighted by atomic mass is 9.86. The van der Waals surface area contributed by atoms with Crippen molar-refractivity contribution in [3.8, 4) is 5.75 Å². The van der Waals surface area contributed by atoms with E-state index in [4.69, 9.17) is 4.74 Å². The van der Waals surface area contributed by atoms with E-state index in [1.54, 1.807) is 7.11 Å². The molecule has 1 aromatic heterocycles. The van der Waals surface area contributed by atoms with E-state index in [0.29, 0.717) is 11.6 Å². The first kappa shape index (κ1) is 18.4. The van der Waals surface area contributed by atoms with Gasteiger partial charge in [0.2, 0.25) is 5.91 Å². The molecule has 0 aliphatic rings. The second-order valence-electron chi connectivity index (χ2n) is 7.35. The van der Waals surface area contributed by atoms with Gasteiger partial charge in [-0.15, -0.1) is 0 Å². The molecule has 0 bridgehead atoms. The predicted molar refractivity (Wildman–Crippen MR) is 108 cm³/mol. The second-order valence-corrected chi connectivity index (χ2v) is 8.38. The predicted octanol–water partition coefficient (Wildman–Crippen LogP) is 5.17. The molecule has 0 aliphatic carbocycles. The van der Waals surface area contributed by atoms with Crippen molar-refractivity contribution < 1.29 is 9.53 Å². The number of hydrogen-bond acceptors (Lipinski definition) is 4. The molecular weight excluding hydrogens is 344 g/mol. The minimum Gasteiger partial charge on any atom is -0.497 e. The van der Waals surface area contributed by atoms with Crippen LogP contribution in [0.5, 0.6) is 5.75 Å². The summed E-state index contributed by atoms with van der Waals surface area (Å²) in [7, 11) is 1.64. The summed E-state index contributed by atoms with van der Waals surface area (Å²) < 4.78 is 6.22. The Balaban J connectivity index is 1.59. The highest BCUT2D eigenvalue weighted by atomic mass is 32.1. The van der Waals surface area contributed by atoms with Crippen LogP contribution in [0.15, 0.2) is 42.5 Å². The summed E-state index contributed by atoms with van der Waals surface area (Å²) in [5.41, 5.74) is 3.48. The first-order chi connectivity index (χ1) is 12.3. The molecule has 3 aromatic rings. The zero-order valence-electron chi connectivity index (χ0n) is 15.6. The van der Waals surface area contributed by atoms with E-state index in [1.165, 1.54) is 22.5 Å². The fraction of sp³-hybridized carbons (Fsp3) is 0.333. The average molecular weight is 369 g/mol. The van der Waals surface area contributed by atoms with Gasteiger partial charge in [-0.1, -0.05) is 56.4 Å². The summed E-state index contributed by atoms with van der Waals surface area (Å²) in [4.78, 5) is 16.7. The van der Waals surface area contributed by atoms with Gasteiger partial charge in [0.15, 0.2) is 5.13 Å². The lowest BCUT2D eigenvalue weighted by Crippen LogP contribution is -2.13. The van der Waals surface area contributed by atoms with Crippen molar-refractivity contribution >= 4 is 32.6 Å². The summed E-state index contributed by atoms with van der Waals surface area (Å²) in [5.74, 6) is 0.772. The van der Waals surface area contributed by atoms with E-state index in [9.17, 15) is 4.79 Å². The number of benzene rings is 2. The Hall–Kier alpha value is -2.40. The van der Waals surface area contributed by atoms with Gasteiger partial charge < -0.3 is 10.1 Å². The molecule has 3 rings (SSSR count). The molecule has 1 amide bonds. The Morgan fingerprint density at radius 2 is 1.88 bits per heavy atom. The van der Waals surface area contributed by atoms with E-state index >= 15 is 0 Å². The van der Waals surface area contributed by atoms with E-state index < -0.39 is 0 Å². The fourth-order valence-corrected chi connectivity index (χ4v) is 3.61. The van der Waals surface area contributed by atoms with Gasteiger partial charge in [-0.3, -0.25) is 4.79 Å². The third-order valence-corrected chi connectivity index (χ3v) is 5.24. The van der Waals surface area contributed by atoms with Gasteiger partial charge in [0.05, 0.1) is 17.3 Å². The second kappa shape index (κ2) is 7.46. The number of aryl methyl sites for hydroxylation is 1. The lowest BCUT2D eigenvalue weighted by Gasteiger charge is -2.19. The Kier molecular flexibility index (Phi) is 5.28. The molecule has 0 fully saturated rings. The molecule has 4 nitrogen and oxygen atoms in total. The van der Waals surface area contributed by atoms with E-state index in [-0.39, 0.29) is 11.3 Å². The monoisotopic (exact) mass is 368 g/mol. The van der Waals surface area contributed by atoms with Crippen LogP contribution in [-0.2, 0) is 16.6 Å². The van der Waals surface area contributed by atoms with Crippen molar-refractivity contribution in [1.29, 1.82) is 0 Å². The Bertz CT molecular complexity index is 908. The number of nitrogens with zero attached hydrogens (tertiary/aromatic N) is 1. The first-order valence-corrected chi connectivity index (χ1v) is 9.50. The Morgan fingerprint density at radius 3 is 2.54 bits per heavy atom. The molecule has 26 heavy (non-hydrogen) atoms. The number of anilines is 1. The molecule has 0 radical (unpaired) electrons. The number of ether oxygens (including phenoxy) is 1. The highest BCUT2D eigenvalue weighted by molar-refractivity contribution is 7.22. The number of methoxy groups -OCH3 is 1. The zero-order chi connectivity index (χ0) is 18.7. The SMILES string of the molecule is COc1ccc2nc(NC(=O)CCc3ccc(C(C)(C)C)cc3)sc2c1. The summed E-state index contributed by atoms with van der Waals surface area (Å²) in [6, 6.07) is 14.2. The maximum atomic E-state index is 12.2. The van der Waals surface area contributed by atoms with Crippen LogP contribution < -0.4 is 10.1 Å². The van der Waals surface area contributed by atoms with Crippen molar-refractivity contribution in [2.75, 3.05) is 12.4 Å². The normalized spacial score (nSPS) is 11.5. The number of hydrogen-bond donors (Lipinski definition) is 1. The molecule has 2 aromatic carbocycles.